The van der Waals surface area contributed by atoms with Gasteiger partial charge in [-0.1, -0.05) is 37.3 Å². The van der Waals surface area contributed by atoms with Crippen molar-refractivity contribution in [1.29, 1.82) is 0 Å². The van der Waals surface area contributed by atoms with E-state index in [1.165, 1.54) is 13.8 Å². The van der Waals surface area contributed by atoms with Crippen LogP contribution in [0.3, 0.4) is 0 Å². The van der Waals surface area contributed by atoms with Crippen LogP contribution < -0.4 is 5.32 Å². The first kappa shape index (κ1) is 21.5. The fraction of sp³-hybridized carbons (Fsp3) is 0.476. The normalized spacial score (nSPS) is 18.4. The van der Waals surface area contributed by atoms with Gasteiger partial charge in [-0.15, -0.1) is 0 Å². The highest BCUT2D eigenvalue weighted by Gasteiger charge is 2.37. The minimum Gasteiger partial charge on any atom is -0.466 e. The molecule has 152 valence electrons. The predicted molar refractivity (Wildman–Crippen MR) is 102 cm³/mol. The van der Waals surface area contributed by atoms with Gasteiger partial charge in [0.15, 0.2) is 0 Å². The van der Waals surface area contributed by atoms with Crippen molar-refractivity contribution in [2.75, 3.05) is 13.2 Å². The average Bonchev–Trinajstić information content (AvgIpc) is 2.98. The first-order chi connectivity index (χ1) is 13.4. The zero-order chi connectivity index (χ0) is 20.5. The Kier molecular flexibility index (Phi) is 8.04. The molecule has 0 radical (unpaired) electrons. The SMILES string of the molecule is CC(=O)OCCCC1=C(COC(C)=O)NC(C(=O)OCc2ccccc2)C1C. The lowest BCUT2D eigenvalue weighted by Crippen LogP contribution is -2.38. The quantitative estimate of drug-likeness (QED) is 0.394. The van der Waals surface area contributed by atoms with Gasteiger partial charge in [0.25, 0.3) is 0 Å². The maximum Gasteiger partial charge on any atom is 0.329 e. The van der Waals surface area contributed by atoms with Gasteiger partial charge in [0.05, 0.1) is 6.61 Å². The van der Waals surface area contributed by atoms with Crippen LogP contribution in [0.1, 0.15) is 39.2 Å². The summed E-state index contributed by atoms with van der Waals surface area (Å²) in [6, 6.07) is 8.92. The second-order valence-electron chi connectivity index (χ2n) is 6.73. The number of benzene rings is 1. The van der Waals surface area contributed by atoms with Crippen LogP contribution in [0.25, 0.3) is 0 Å². The number of rotatable bonds is 9. The van der Waals surface area contributed by atoms with Crippen LogP contribution in [0.2, 0.25) is 0 Å². The molecule has 28 heavy (non-hydrogen) atoms. The first-order valence-corrected chi connectivity index (χ1v) is 9.34. The van der Waals surface area contributed by atoms with E-state index in [-0.39, 0.29) is 31.1 Å². The molecule has 0 saturated carbocycles. The Balaban J connectivity index is 1.98. The molecule has 1 N–H and O–H groups in total. The standard InChI is InChI=1S/C21H27NO6/c1-14-18(10-7-11-26-15(2)23)19(13-27-16(3)24)22-20(14)21(25)28-12-17-8-5-4-6-9-17/h4-6,8-9,14,20,22H,7,10-13H2,1-3H3. The zero-order valence-electron chi connectivity index (χ0n) is 16.5. The van der Waals surface area contributed by atoms with Crippen molar-refractivity contribution in [2.24, 2.45) is 5.92 Å². The molecule has 1 aliphatic heterocycles. The Morgan fingerprint density at radius 2 is 1.64 bits per heavy atom. The monoisotopic (exact) mass is 389 g/mol. The minimum absolute atomic E-state index is 0.0744. The van der Waals surface area contributed by atoms with E-state index in [2.05, 4.69) is 5.32 Å². The largest absolute Gasteiger partial charge is 0.466 e. The van der Waals surface area contributed by atoms with E-state index in [9.17, 15) is 14.4 Å². The van der Waals surface area contributed by atoms with Gasteiger partial charge in [0.2, 0.25) is 0 Å². The van der Waals surface area contributed by atoms with Crippen LogP contribution in [0.15, 0.2) is 41.6 Å². The maximum atomic E-state index is 12.6. The average molecular weight is 389 g/mol. The molecule has 0 saturated heterocycles. The third-order valence-corrected chi connectivity index (χ3v) is 4.56. The number of hydrogen-bond acceptors (Lipinski definition) is 7. The second kappa shape index (κ2) is 10.5. The fourth-order valence-electron chi connectivity index (χ4n) is 3.13. The zero-order valence-corrected chi connectivity index (χ0v) is 16.5. The molecule has 2 unspecified atom stereocenters. The van der Waals surface area contributed by atoms with Crippen LogP contribution in [-0.4, -0.2) is 37.2 Å². The van der Waals surface area contributed by atoms with E-state index >= 15 is 0 Å². The van der Waals surface area contributed by atoms with Crippen molar-refractivity contribution in [3.8, 4) is 0 Å². The van der Waals surface area contributed by atoms with Gasteiger partial charge in [0, 0.05) is 25.5 Å². The summed E-state index contributed by atoms with van der Waals surface area (Å²) in [6.07, 6.45) is 1.25. The van der Waals surface area contributed by atoms with E-state index in [4.69, 9.17) is 14.2 Å². The highest BCUT2D eigenvalue weighted by molar-refractivity contribution is 5.78. The Hall–Kier alpha value is -2.83. The van der Waals surface area contributed by atoms with Gasteiger partial charge in [-0.3, -0.25) is 9.59 Å². The van der Waals surface area contributed by atoms with E-state index in [0.717, 1.165) is 11.1 Å². The number of esters is 3. The molecule has 1 aliphatic rings. The van der Waals surface area contributed by atoms with Gasteiger partial charge in [-0.25, -0.2) is 4.79 Å². The number of ether oxygens (including phenoxy) is 3. The Morgan fingerprint density at radius 3 is 2.29 bits per heavy atom. The molecule has 0 fully saturated rings. The summed E-state index contributed by atoms with van der Waals surface area (Å²) in [5.41, 5.74) is 2.61. The lowest BCUT2D eigenvalue weighted by Gasteiger charge is -2.17. The van der Waals surface area contributed by atoms with Crippen molar-refractivity contribution in [2.45, 2.75) is 46.3 Å². The van der Waals surface area contributed by atoms with Gasteiger partial charge in [-0.2, -0.15) is 0 Å². The summed E-state index contributed by atoms with van der Waals surface area (Å²) in [6.45, 7) is 5.21. The molecule has 0 aromatic heterocycles. The van der Waals surface area contributed by atoms with Crippen LogP contribution in [0, 0.1) is 5.92 Å². The van der Waals surface area contributed by atoms with Crippen LogP contribution in [0.5, 0.6) is 0 Å². The lowest BCUT2D eigenvalue weighted by molar-refractivity contribution is -0.148. The molecule has 7 nitrogen and oxygen atoms in total. The van der Waals surface area contributed by atoms with Crippen LogP contribution in [0.4, 0.5) is 0 Å². The number of hydrogen-bond donors (Lipinski definition) is 1. The van der Waals surface area contributed by atoms with Crippen LogP contribution >= 0.6 is 0 Å². The van der Waals surface area contributed by atoms with E-state index in [1.54, 1.807) is 0 Å². The van der Waals surface area contributed by atoms with E-state index < -0.39 is 12.0 Å². The van der Waals surface area contributed by atoms with Gasteiger partial charge < -0.3 is 19.5 Å². The van der Waals surface area contributed by atoms with Crippen molar-refractivity contribution in [3.63, 3.8) is 0 Å². The van der Waals surface area contributed by atoms with Gasteiger partial charge in [0.1, 0.15) is 19.3 Å². The molecule has 2 atom stereocenters. The molecule has 1 aromatic carbocycles. The first-order valence-electron chi connectivity index (χ1n) is 9.34. The molecule has 1 heterocycles. The summed E-state index contributed by atoms with van der Waals surface area (Å²) in [5, 5.41) is 3.15. The molecule has 0 aliphatic carbocycles. The molecule has 2 rings (SSSR count). The number of carbonyl (C=O) groups excluding carboxylic acids is 3. The topological polar surface area (TPSA) is 90.9 Å². The minimum atomic E-state index is -0.544. The van der Waals surface area contributed by atoms with Crippen molar-refractivity contribution in [1.82, 2.24) is 5.32 Å². The molecule has 7 heteroatoms. The van der Waals surface area contributed by atoms with Gasteiger partial charge in [-0.05, 0) is 24.0 Å². The molecular formula is C21H27NO6. The van der Waals surface area contributed by atoms with Crippen LogP contribution in [-0.2, 0) is 35.2 Å². The third kappa shape index (κ3) is 6.40. The summed E-state index contributed by atoms with van der Waals surface area (Å²) in [5.74, 6) is -1.19. The second-order valence-corrected chi connectivity index (χ2v) is 6.73. The summed E-state index contributed by atoms with van der Waals surface area (Å²) in [4.78, 5) is 34.7. The van der Waals surface area contributed by atoms with Crippen molar-refractivity contribution < 1.29 is 28.6 Å². The third-order valence-electron chi connectivity index (χ3n) is 4.56. The molecule has 0 spiro atoms. The highest BCUT2D eigenvalue weighted by atomic mass is 16.5. The molecule has 0 bridgehead atoms. The van der Waals surface area contributed by atoms with E-state index in [1.807, 2.05) is 37.3 Å². The van der Waals surface area contributed by atoms with Crippen molar-refractivity contribution >= 4 is 17.9 Å². The van der Waals surface area contributed by atoms with E-state index in [0.29, 0.717) is 25.1 Å². The number of carbonyl (C=O) groups is 3. The van der Waals surface area contributed by atoms with Gasteiger partial charge >= 0.3 is 17.9 Å². The summed E-state index contributed by atoms with van der Waals surface area (Å²) >= 11 is 0. The molecule has 1 aromatic rings. The van der Waals surface area contributed by atoms with Crippen molar-refractivity contribution in [3.05, 3.63) is 47.2 Å². The Bertz CT molecular complexity index is 728. The highest BCUT2D eigenvalue weighted by Crippen LogP contribution is 2.30. The maximum absolute atomic E-state index is 12.6. The molecule has 0 amide bonds. The number of nitrogens with one attached hydrogen (secondary N) is 1. The molecular weight excluding hydrogens is 362 g/mol. The predicted octanol–water partition coefficient (Wildman–Crippen LogP) is 2.50. The Morgan fingerprint density at radius 1 is 0.964 bits per heavy atom. The Labute approximate surface area is 165 Å². The fourth-order valence-corrected chi connectivity index (χ4v) is 3.13. The lowest BCUT2D eigenvalue weighted by atomic mass is 9.93. The summed E-state index contributed by atoms with van der Waals surface area (Å²) < 4.78 is 15.5. The summed E-state index contributed by atoms with van der Waals surface area (Å²) in [7, 11) is 0. The smallest absolute Gasteiger partial charge is 0.329 e.